The van der Waals surface area contributed by atoms with E-state index < -0.39 is 23.2 Å². The second-order valence-electron chi connectivity index (χ2n) is 9.46. The summed E-state index contributed by atoms with van der Waals surface area (Å²) < 4.78 is 10.6. The summed E-state index contributed by atoms with van der Waals surface area (Å²) in [5.74, 6) is -1.09. The Morgan fingerprint density at radius 2 is 1.58 bits per heavy atom. The van der Waals surface area contributed by atoms with E-state index in [-0.39, 0.29) is 42.3 Å². The van der Waals surface area contributed by atoms with Crippen LogP contribution in [0.5, 0.6) is 5.75 Å². The lowest BCUT2D eigenvalue weighted by molar-refractivity contribution is -0.145. The van der Waals surface area contributed by atoms with Crippen LogP contribution in [0.3, 0.4) is 0 Å². The number of benzene rings is 2. The van der Waals surface area contributed by atoms with Crippen LogP contribution >= 0.6 is 11.8 Å². The van der Waals surface area contributed by atoms with Gasteiger partial charge in [-0.3, -0.25) is 19.2 Å². The van der Waals surface area contributed by atoms with Gasteiger partial charge in [-0.25, -0.2) is 0 Å². The summed E-state index contributed by atoms with van der Waals surface area (Å²) in [5, 5.41) is 4.65. The number of likely N-dealkylation sites (N-methyl/N-ethyl adjacent to an activating group) is 1. The highest BCUT2D eigenvalue weighted by atomic mass is 32.2. The molecule has 2 N–H and O–H groups in total. The van der Waals surface area contributed by atoms with Crippen molar-refractivity contribution >= 4 is 34.7 Å². The third kappa shape index (κ3) is 10.6. The molecule has 0 aromatic heterocycles. The molecule has 0 saturated carbocycles. The Morgan fingerprint density at radius 1 is 0.921 bits per heavy atom. The normalized spacial score (nSPS) is 13.2. The number of rotatable bonds is 14. The zero-order valence-electron chi connectivity index (χ0n) is 22.7. The van der Waals surface area contributed by atoms with Crippen molar-refractivity contribution in [2.45, 2.75) is 57.9 Å². The van der Waals surface area contributed by atoms with E-state index >= 15 is 0 Å². The number of amides is 2. The molecular weight excluding hydrogens is 504 g/mol. The van der Waals surface area contributed by atoms with E-state index in [4.69, 9.17) is 9.47 Å². The fraction of sp³-hybridized carbons (Fsp3) is 0.448. The molecule has 0 aliphatic carbocycles. The molecule has 0 saturated heterocycles. The highest BCUT2D eigenvalue weighted by Crippen LogP contribution is 2.30. The van der Waals surface area contributed by atoms with Gasteiger partial charge in [0.25, 0.3) is 0 Å². The van der Waals surface area contributed by atoms with Crippen molar-refractivity contribution in [3.8, 4) is 5.75 Å². The largest absolute Gasteiger partial charge is 0.497 e. The van der Waals surface area contributed by atoms with Gasteiger partial charge in [-0.2, -0.15) is 0 Å². The summed E-state index contributed by atoms with van der Waals surface area (Å²) in [6.45, 7) is 5.46. The molecule has 0 fully saturated rings. The minimum Gasteiger partial charge on any atom is -0.497 e. The van der Waals surface area contributed by atoms with Crippen molar-refractivity contribution in [1.29, 1.82) is 0 Å². The monoisotopic (exact) mass is 542 g/mol. The van der Waals surface area contributed by atoms with E-state index in [0.717, 1.165) is 22.9 Å². The zero-order valence-corrected chi connectivity index (χ0v) is 23.5. The van der Waals surface area contributed by atoms with Crippen LogP contribution in [0.4, 0.5) is 0 Å². The number of hydrogen-bond acceptors (Lipinski definition) is 7. The average molecular weight is 543 g/mol. The van der Waals surface area contributed by atoms with Gasteiger partial charge in [0, 0.05) is 25.6 Å². The van der Waals surface area contributed by atoms with Gasteiger partial charge >= 0.3 is 5.97 Å². The topological polar surface area (TPSA) is 111 Å². The fourth-order valence-corrected chi connectivity index (χ4v) is 5.08. The number of carbonyl (C=O) groups is 4. The van der Waals surface area contributed by atoms with Crippen molar-refractivity contribution in [1.82, 2.24) is 10.6 Å². The van der Waals surface area contributed by atoms with Gasteiger partial charge in [0.15, 0.2) is 5.12 Å². The Hall–Kier alpha value is -3.33. The number of thioether (sulfide) groups is 1. The quantitative estimate of drug-likeness (QED) is 0.348. The number of esters is 1. The molecule has 2 amide bonds. The van der Waals surface area contributed by atoms with Crippen LogP contribution in [-0.2, 0) is 36.9 Å². The van der Waals surface area contributed by atoms with Gasteiger partial charge < -0.3 is 20.1 Å². The van der Waals surface area contributed by atoms with Gasteiger partial charge in [0.05, 0.1) is 19.4 Å². The molecule has 0 spiro atoms. The summed E-state index contributed by atoms with van der Waals surface area (Å²) in [6.07, 6.45) is 0.601. The van der Waals surface area contributed by atoms with E-state index in [1.54, 1.807) is 19.2 Å². The number of methoxy groups -OCH3 is 1. The van der Waals surface area contributed by atoms with Crippen molar-refractivity contribution < 1.29 is 28.7 Å². The van der Waals surface area contributed by atoms with Crippen LogP contribution in [0, 0.1) is 11.8 Å². The first-order chi connectivity index (χ1) is 18.1. The molecule has 38 heavy (non-hydrogen) atoms. The first-order valence-electron chi connectivity index (χ1n) is 12.6. The Kier molecular flexibility index (Phi) is 12.9. The smallest absolute Gasteiger partial charge is 0.307 e. The molecule has 3 atom stereocenters. The Balaban J connectivity index is 2.20. The second-order valence-corrected chi connectivity index (χ2v) is 10.9. The lowest BCUT2D eigenvalue weighted by Gasteiger charge is -2.28. The molecule has 0 radical (unpaired) electrons. The number of nitrogens with one attached hydrogen (secondary N) is 2. The van der Waals surface area contributed by atoms with Crippen LogP contribution in [-0.4, -0.2) is 48.3 Å². The predicted octanol–water partition coefficient (Wildman–Crippen LogP) is 3.91. The Morgan fingerprint density at radius 3 is 2.13 bits per heavy atom. The Labute approximate surface area is 229 Å². The van der Waals surface area contributed by atoms with Crippen molar-refractivity contribution in [2.24, 2.45) is 11.8 Å². The third-order valence-electron chi connectivity index (χ3n) is 5.92. The maximum absolute atomic E-state index is 13.6. The first-order valence-corrected chi connectivity index (χ1v) is 13.5. The van der Waals surface area contributed by atoms with E-state index in [1.807, 2.05) is 56.3 Å². The standard InChI is InChI=1S/C29H38N2O6S/c1-19(2)15-24(26(38-20(3)32)17-27(33)37-18-22-9-7-6-8-10-22)28(34)31-25(29(35)30-4)16-21-11-13-23(36-5)14-12-21/h6-14,19,24-26H,15-18H2,1-5H3,(H,30,35)(H,31,34)/t24-,25-,26-/m0/s1. The predicted molar refractivity (Wildman–Crippen MR) is 149 cm³/mol. The van der Waals surface area contributed by atoms with Gasteiger partial charge in [-0.15, -0.1) is 0 Å². The number of carbonyl (C=O) groups excluding carboxylic acids is 4. The summed E-state index contributed by atoms with van der Waals surface area (Å²) in [5.41, 5.74) is 1.69. The molecule has 2 rings (SSSR count). The highest BCUT2D eigenvalue weighted by Gasteiger charge is 2.35. The molecule has 0 aliphatic rings. The molecule has 9 heteroatoms. The summed E-state index contributed by atoms with van der Waals surface area (Å²) in [7, 11) is 3.09. The molecule has 8 nitrogen and oxygen atoms in total. The number of hydrogen-bond donors (Lipinski definition) is 2. The van der Waals surface area contributed by atoms with E-state index in [0.29, 0.717) is 12.2 Å². The highest BCUT2D eigenvalue weighted by molar-refractivity contribution is 8.14. The minimum absolute atomic E-state index is 0.106. The molecule has 0 heterocycles. The van der Waals surface area contributed by atoms with Crippen LogP contribution in [0.15, 0.2) is 54.6 Å². The molecule has 2 aromatic rings. The molecule has 206 valence electrons. The van der Waals surface area contributed by atoms with Gasteiger partial charge in [-0.1, -0.05) is 68.1 Å². The van der Waals surface area contributed by atoms with E-state index in [1.165, 1.54) is 14.0 Å². The number of ether oxygens (including phenoxy) is 2. The van der Waals surface area contributed by atoms with Gasteiger partial charge in [-0.05, 0) is 35.6 Å². The Bertz CT molecular complexity index is 1060. The second kappa shape index (κ2) is 15.8. The molecule has 2 aromatic carbocycles. The molecule has 0 unspecified atom stereocenters. The maximum atomic E-state index is 13.6. The fourth-order valence-electron chi connectivity index (χ4n) is 4.04. The molecule has 0 bridgehead atoms. The third-order valence-corrected chi connectivity index (χ3v) is 7.05. The van der Waals surface area contributed by atoms with Crippen LogP contribution < -0.4 is 15.4 Å². The molecule has 0 aliphatic heterocycles. The van der Waals surface area contributed by atoms with Crippen molar-refractivity contribution in [3.05, 3.63) is 65.7 Å². The first kappa shape index (κ1) is 30.9. The maximum Gasteiger partial charge on any atom is 0.307 e. The minimum atomic E-state index is -0.830. The van der Waals surface area contributed by atoms with Crippen LogP contribution in [0.2, 0.25) is 0 Å². The van der Waals surface area contributed by atoms with Crippen molar-refractivity contribution in [3.63, 3.8) is 0 Å². The van der Waals surface area contributed by atoms with E-state index in [2.05, 4.69) is 10.6 Å². The average Bonchev–Trinajstić information content (AvgIpc) is 2.90. The van der Waals surface area contributed by atoms with Gasteiger partial charge in [0.2, 0.25) is 11.8 Å². The van der Waals surface area contributed by atoms with Crippen molar-refractivity contribution in [2.75, 3.05) is 14.2 Å². The zero-order chi connectivity index (χ0) is 28.1. The summed E-state index contributed by atoms with van der Waals surface area (Å²) >= 11 is 0.962. The molecular formula is C29H38N2O6S. The SMILES string of the molecule is CNC(=O)[C@H](Cc1ccc(OC)cc1)NC(=O)[C@@H](CC(C)C)[C@H](CC(=O)OCc1ccccc1)SC(C)=O. The summed E-state index contributed by atoms with van der Waals surface area (Å²) in [4.78, 5) is 51.1. The van der Waals surface area contributed by atoms with E-state index in [9.17, 15) is 19.2 Å². The summed E-state index contributed by atoms with van der Waals surface area (Å²) in [6, 6.07) is 15.7. The lowest BCUT2D eigenvalue weighted by atomic mass is 9.91. The van der Waals surface area contributed by atoms with Crippen LogP contribution in [0.25, 0.3) is 0 Å². The van der Waals surface area contributed by atoms with Gasteiger partial charge in [0.1, 0.15) is 18.4 Å². The lowest BCUT2D eigenvalue weighted by Crippen LogP contribution is -2.50. The van der Waals surface area contributed by atoms with Crippen LogP contribution in [0.1, 0.15) is 44.7 Å².